The van der Waals surface area contributed by atoms with Gasteiger partial charge in [0, 0.05) is 18.2 Å². The van der Waals surface area contributed by atoms with Crippen molar-refractivity contribution in [1.29, 1.82) is 0 Å². The van der Waals surface area contributed by atoms with Gasteiger partial charge in [-0.2, -0.15) is 0 Å². The summed E-state index contributed by atoms with van der Waals surface area (Å²) in [6.07, 6.45) is 2.62. The lowest BCUT2D eigenvalue weighted by Crippen LogP contribution is -2.40. The summed E-state index contributed by atoms with van der Waals surface area (Å²) < 4.78 is 5.06. The van der Waals surface area contributed by atoms with Crippen molar-refractivity contribution >= 4 is 11.8 Å². The standard InChI is InChI=1S/C44H42N6O2S/c1-3-5-29-48-40(51)31-41(53-30-4-2)49(43(48)52)32-33-25-27-34(28-26-33)38-23-15-16-24-39(38)42-45-46-47-50(42)44(35-17-9-6-10-18-35,36-19-11-7-12-20-36)37-21-13-8-14-22-37/h6-28,31H,3-5,29-30,32H2,1-2H3. The molecule has 0 saturated heterocycles. The first-order valence-electron chi connectivity index (χ1n) is 18.2. The predicted octanol–water partition coefficient (Wildman–Crippen LogP) is 8.52. The van der Waals surface area contributed by atoms with Crippen LogP contribution in [0, 0.1) is 0 Å². The Morgan fingerprint density at radius 2 is 1.21 bits per heavy atom. The van der Waals surface area contributed by atoms with Crippen molar-refractivity contribution in [2.75, 3.05) is 5.75 Å². The van der Waals surface area contributed by atoms with Gasteiger partial charge in [-0.15, -0.1) is 16.9 Å². The predicted molar refractivity (Wildman–Crippen MR) is 213 cm³/mol. The average Bonchev–Trinajstić information content (AvgIpc) is 3.70. The van der Waals surface area contributed by atoms with Gasteiger partial charge in [0.25, 0.3) is 5.56 Å². The van der Waals surface area contributed by atoms with Gasteiger partial charge in [-0.1, -0.05) is 160 Å². The summed E-state index contributed by atoms with van der Waals surface area (Å²) in [5.41, 5.74) is 5.53. The van der Waals surface area contributed by atoms with E-state index in [2.05, 4.69) is 128 Å². The zero-order valence-corrected chi connectivity index (χ0v) is 30.8. The van der Waals surface area contributed by atoms with Crippen molar-refractivity contribution < 1.29 is 0 Å². The first kappa shape index (κ1) is 35.6. The molecule has 7 aromatic rings. The van der Waals surface area contributed by atoms with E-state index in [0.29, 0.717) is 23.9 Å². The van der Waals surface area contributed by atoms with E-state index in [9.17, 15) is 9.59 Å². The molecule has 2 heterocycles. The van der Waals surface area contributed by atoms with Gasteiger partial charge < -0.3 is 0 Å². The molecule has 0 bridgehead atoms. The molecule has 0 fully saturated rings. The zero-order chi connectivity index (χ0) is 36.6. The molecule has 0 atom stereocenters. The molecule has 266 valence electrons. The minimum atomic E-state index is -0.881. The molecule has 0 N–H and O–H groups in total. The molecule has 5 aromatic carbocycles. The van der Waals surface area contributed by atoms with Crippen LogP contribution in [0.1, 0.15) is 55.4 Å². The Morgan fingerprint density at radius 1 is 0.642 bits per heavy atom. The normalized spacial score (nSPS) is 11.5. The maximum Gasteiger partial charge on any atom is 0.332 e. The first-order chi connectivity index (χ1) is 26.1. The highest BCUT2D eigenvalue weighted by Crippen LogP contribution is 2.43. The minimum absolute atomic E-state index is 0.233. The number of tetrazole rings is 1. The molecule has 53 heavy (non-hydrogen) atoms. The minimum Gasteiger partial charge on any atom is -0.283 e. The molecule has 0 amide bonds. The molecule has 0 aliphatic rings. The van der Waals surface area contributed by atoms with Gasteiger partial charge in [0.1, 0.15) is 5.54 Å². The Morgan fingerprint density at radius 3 is 1.77 bits per heavy atom. The van der Waals surface area contributed by atoms with Gasteiger partial charge in [0.15, 0.2) is 5.82 Å². The van der Waals surface area contributed by atoms with Gasteiger partial charge in [-0.25, -0.2) is 9.48 Å². The smallest absolute Gasteiger partial charge is 0.283 e. The van der Waals surface area contributed by atoms with E-state index in [1.807, 2.05) is 35.0 Å². The van der Waals surface area contributed by atoms with E-state index < -0.39 is 5.54 Å². The van der Waals surface area contributed by atoms with E-state index >= 15 is 0 Å². The van der Waals surface area contributed by atoms with E-state index in [-0.39, 0.29) is 11.2 Å². The molecule has 0 unspecified atom stereocenters. The Labute approximate surface area is 313 Å². The number of hydrogen-bond donors (Lipinski definition) is 0. The zero-order valence-electron chi connectivity index (χ0n) is 30.0. The highest BCUT2D eigenvalue weighted by atomic mass is 32.2. The fourth-order valence-corrected chi connectivity index (χ4v) is 7.87. The summed E-state index contributed by atoms with van der Waals surface area (Å²) in [6.45, 7) is 4.94. The topological polar surface area (TPSA) is 87.6 Å². The molecule has 0 aliphatic carbocycles. The van der Waals surface area contributed by atoms with Gasteiger partial charge in [-0.3, -0.25) is 13.9 Å². The summed E-state index contributed by atoms with van der Waals surface area (Å²) in [5, 5.41) is 14.5. The lowest BCUT2D eigenvalue weighted by molar-refractivity contribution is 0.451. The quantitative estimate of drug-likeness (QED) is 0.0637. The second-order valence-corrected chi connectivity index (χ2v) is 14.1. The number of hydrogen-bond acceptors (Lipinski definition) is 6. The molecular formula is C44H42N6O2S. The van der Waals surface area contributed by atoms with Crippen molar-refractivity contribution in [3.8, 4) is 22.5 Å². The third kappa shape index (κ3) is 7.04. The average molecular weight is 719 g/mol. The lowest BCUT2D eigenvalue weighted by Gasteiger charge is -2.36. The Kier molecular flexibility index (Phi) is 10.9. The van der Waals surface area contributed by atoms with Crippen LogP contribution in [0.3, 0.4) is 0 Å². The second kappa shape index (κ2) is 16.3. The Balaban J connectivity index is 1.32. The third-order valence-electron chi connectivity index (χ3n) is 9.57. The second-order valence-electron chi connectivity index (χ2n) is 13.0. The van der Waals surface area contributed by atoms with E-state index in [4.69, 9.17) is 10.3 Å². The van der Waals surface area contributed by atoms with Crippen molar-refractivity contribution in [3.05, 3.63) is 189 Å². The van der Waals surface area contributed by atoms with Crippen LogP contribution in [0.4, 0.5) is 0 Å². The molecule has 2 aromatic heterocycles. The van der Waals surface area contributed by atoms with E-state index in [1.54, 1.807) is 22.4 Å². The maximum absolute atomic E-state index is 13.7. The van der Waals surface area contributed by atoms with Crippen LogP contribution < -0.4 is 11.2 Å². The summed E-state index contributed by atoms with van der Waals surface area (Å²) in [7, 11) is 0. The Bertz CT molecular complexity index is 2290. The lowest BCUT2D eigenvalue weighted by atomic mass is 9.77. The number of unbranched alkanes of at least 4 members (excludes halogenated alkanes) is 1. The van der Waals surface area contributed by atoms with Crippen molar-refractivity contribution in [1.82, 2.24) is 29.3 Å². The van der Waals surface area contributed by atoms with Gasteiger partial charge >= 0.3 is 5.69 Å². The third-order valence-corrected chi connectivity index (χ3v) is 10.8. The number of nitrogens with zero attached hydrogens (tertiary/aromatic N) is 6. The van der Waals surface area contributed by atoms with E-state index in [0.717, 1.165) is 64.0 Å². The highest BCUT2D eigenvalue weighted by Gasteiger charge is 2.42. The van der Waals surface area contributed by atoms with Crippen LogP contribution in [0.5, 0.6) is 0 Å². The van der Waals surface area contributed by atoms with Gasteiger partial charge in [-0.05, 0) is 62.4 Å². The van der Waals surface area contributed by atoms with Crippen LogP contribution in [-0.4, -0.2) is 35.1 Å². The summed E-state index contributed by atoms with van der Waals surface area (Å²) in [6, 6.07) is 49.2. The monoisotopic (exact) mass is 718 g/mol. The number of aromatic nitrogens is 6. The summed E-state index contributed by atoms with van der Waals surface area (Å²) in [5.74, 6) is 1.45. The van der Waals surface area contributed by atoms with Crippen LogP contribution in [0.2, 0.25) is 0 Å². The molecule has 0 spiro atoms. The molecule has 0 saturated carbocycles. The number of rotatable bonds is 14. The summed E-state index contributed by atoms with van der Waals surface area (Å²) in [4.78, 5) is 26.6. The number of thioether (sulfide) groups is 1. The van der Waals surface area contributed by atoms with Crippen molar-refractivity contribution in [2.24, 2.45) is 0 Å². The molecular weight excluding hydrogens is 677 g/mol. The maximum atomic E-state index is 13.7. The SMILES string of the molecule is CCCCn1c(=O)cc(SCCC)n(Cc2ccc(-c3ccccc3-c3nnnn3C(c3ccccc3)(c3ccccc3)c3ccccc3)cc2)c1=O. The van der Waals surface area contributed by atoms with Crippen molar-refractivity contribution in [2.45, 2.75) is 56.8 Å². The van der Waals surface area contributed by atoms with Gasteiger partial charge in [0.2, 0.25) is 0 Å². The molecule has 0 radical (unpaired) electrons. The number of benzene rings is 5. The van der Waals surface area contributed by atoms with Crippen LogP contribution in [0.25, 0.3) is 22.5 Å². The Hall–Kier alpha value is -5.80. The molecule has 0 aliphatic heterocycles. The van der Waals surface area contributed by atoms with E-state index in [1.165, 1.54) is 4.57 Å². The highest BCUT2D eigenvalue weighted by molar-refractivity contribution is 7.99. The largest absolute Gasteiger partial charge is 0.332 e. The molecule has 9 heteroatoms. The molecule has 8 nitrogen and oxygen atoms in total. The first-order valence-corrected chi connectivity index (χ1v) is 19.2. The van der Waals surface area contributed by atoms with Crippen molar-refractivity contribution in [3.63, 3.8) is 0 Å². The molecule has 7 rings (SSSR count). The van der Waals surface area contributed by atoms with Gasteiger partial charge in [0.05, 0.1) is 11.6 Å². The van der Waals surface area contributed by atoms with Crippen LogP contribution >= 0.6 is 11.8 Å². The van der Waals surface area contributed by atoms with Crippen LogP contribution in [0.15, 0.2) is 160 Å². The van der Waals surface area contributed by atoms with Crippen LogP contribution in [-0.2, 0) is 18.6 Å². The summed E-state index contributed by atoms with van der Waals surface area (Å²) >= 11 is 1.55. The fourth-order valence-electron chi connectivity index (χ4n) is 6.98. The fraction of sp³-hybridized carbons (Fsp3) is 0.205.